The number of hydrogen-bond donors (Lipinski definition) is 1. The fourth-order valence-corrected chi connectivity index (χ4v) is 9.18. The molecular formula is C59H49NO. The molecule has 0 saturated heterocycles. The molecule has 1 aliphatic rings. The highest BCUT2D eigenvalue weighted by Gasteiger charge is 2.35. The molecule has 61 heavy (non-hydrogen) atoms. The summed E-state index contributed by atoms with van der Waals surface area (Å²) < 4.78 is 6.10. The summed E-state index contributed by atoms with van der Waals surface area (Å²) in [5.74, 6) is 0. The second-order valence-electron chi connectivity index (χ2n) is 17.9. The Morgan fingerprint density at radius 3 is 1.79 bits per heavy atom. The molecule has 0 amide bonds. The summed E-state index contributed by atoms with van der Waals surface area (Å²) >= 11 is 0. The lowest BCUT2D eigenvalue weighted by molar-refractivity contribution is 0.592. The zero-order valence-corrected chi connectivity index (χ0v) is 35.5. The summed E-state index contributed by atoms with van der Waals surface area (Å²) in [5, 5.41) is 8.40. The van der Waals surface area contributed by atoms with Crippen molar-refractivity contribution in [3.05, 3.63) is 217 Å². The van der Waals surface area contributed by atoms with Gasteiger partial charge in [-0.2, -0.15) is 0 Å². The molecule has 0 atom stereocenters. The van der Waals surface area contributed by atoms with Crippen LogP contribution in [0, 0.1) is 0 Å². The lowest BCUT2D eigenvalue weighted by Gasteiger charge is -2.24. The summed E-state index contributed by atoms with van der Waals surface area (Å²) in [7, 11) is 0. The van der Waals surface area contributed by atoms with Gasteiger partial charge in [-0.1, -0.05) is 186 Å². The molecule has 0 fully saturated rings. The Bertz CT molecular complexity index is 3220. The predicted octanol–water partition coefficient (Wildman–Crippen LogP) is 16.8. The van der Waals surface area contributed by atoms with E-state index in [0.29, 0.717) is 0 Å². The second-order valence-corrected chi connectivity index (χ2v) is 17.9. The summed E-state index contributed by atoms with van der Waals surface area (Å²) in [5.41, 5.74) is 18.5. The number of rotatable bonds is 5. The van der Waals surface area contributed by atoms with Crippen molar-refractivity contribution in [3.8, 4) is 44.5 Å². The van der Waals surface area contributed by atoms with E-state index in [9.17, 15) is 0 Å². The first-order valence-electron chi connectivity index (χ1n) is 21.3. The average Bonchev–Trinajstić information content (AvgIpc) is 3.77. The van der Waals surface area contributed by atoms with Crippen molar-refractivity contribution in [3.63, 3.8) is 0 Å². The van der Waals surface area contributed by atoms with Gasteiger partial charge in [-0.3, -0.25) is 0 Å². The van der Waals surface area contributed by atoms with Gasteiger partial charge < -0.3 is 9.73 Å². The fraction of sp³-hybridized carbons (Fsp3) is 0.119. The largest absolute Gasteiger partial charge is 0.456 e. The topological polar surface area (TPSA) is 25.2 Å². The Kier molecular flexibility index (Phi) is 9.45. The van der Waals surface area contributed by atoms with Crippen LogP contribution in [0.4, 0.5) is 11.4 Å². The number of anilines is 2. The standard InChI is InChI=1S/C32H29N.C27H20O/c1-32(2,3)31-22-27(23-9-5-4-6-10-23)16-20-30(31)25-14-17-28(18-15-25)33-29-19-13-24-11-7-8-12-26(24)21-29;1-27(2)23-9-5-3-7-19(23)20-13-11-17(15-24(20)27)18-12-14-22-21-8-4-6-10-25(21)28-26(22)16-18/h4-22,33H,1-3H3;3-16H,1-2H3. The van der Waals surface area contributed by atoms with Crippen LogP contribution in [0.25, 0.3) is 77.2 Å². The normalized spacial score (nSPS) is 12.8. The first-order chi connectivity index (χ1) is 29.6. The van der Waals surface area contributed by atoms with E-state index in [0.717, 1.165) is 22.5 Å². The van der Waals surface area contributed by atoms with Crippen LogP contribution in [0.2, 0.25) is 0 Å². The number of nitrogens with one attached hydrogen (secondary N) is 1. The first-order valence-corrected chi connectivity index (χ1v) is 21.3. The maximum absolute atomic E-state index is 6.10. The molecule has 0 aliphatic heterocycles. The van der Waals surface area contributed by atoms with Gasteiger partial charge in [-0.05, 0) is 126 Å². The maximum atomic E-state index is 6.10. The maximum Gasteiger partial charge on any atom is 0.136 e. The third kappa shape index (κ3) is 7.19. The zero-order valence-electron chi connectivity index (χ0n) is 35.5. The predicted molar refractivity (Wildman–Crippen MR) is 260 cm³/mol. The van der Waals surface area contributed by atoms with Crippen molar-refractivity contribution in [1.29, 1.82) is 0 Å². The highest BCUT2D eigenvalue weighted by molar-refractivity contribution is 6.06. The van der Waals surface area contributed by atoms with Gasteiger partial charge in [0, 0.05) is 27.6 Å². The van der Waals surface area contributed by atoms with Gasteiger partial charge in [0.15, 0.2) is 0 Å². The molecule has 0 unspecified atom stereocenters. The van der Waals surface area contributed by atoms with Crippen LogP contribution in [0.5, 0.6) is 0 Å². The molecular weight excluding hydrogens is 739 g/mol. The summed E-state index contributed by atoms with van der Waals surface area (Å²) in [6, 6.07) is 71.6. The smallest absolute Gasteiger partial charge is 0.136 e. The highest BCUT2D eigenvalue weighted by atomic mass is 16.3. The van der Waals surface area contributed by atoms with Gasteiger partial charge >= 0.3 is 0 Å². The number of para-hydroxylation sites is 1. The van der Waals surface area contributed by atoms with Crippen molar-refractivity contribution in [2.24, 2.45) is 0 Å². The van der Waals surface area contributed by atoms with Crippen molar-refractivity contribution >= 4 is 44.1 Å². The summed E-state index contributed by atoms with van der Waals surface area (Å²) in [6.45, 7) is 11.5. The van der Waals surface area contributed by atoms with Gasteiger partial charge in [-0.15, -0.1) is 0 Å². The van der Waals surface area contributed by atoms with E-state index in [4.69, 9.17) is 4.42 Å². The van der Waals surface area contributed by atoms with Gasteiger partial charge in [0.05, 0.1) is 0 Å². The van der Waals surface area contributed by atoms with E-state index >= 15 is 0 Å². The number of fused-ring (bicyclic) bond motifs is 7. The molecule has 11 rings (SSSR count). The molecule has 0 spiro atoms. The Balaban J connectivity index is 0.000000148. The van der Waals surface area contributed by atoms with Crippen molar-refractivity contribution in [2.75, 3.05) is 5.32 Å². The van der Waals surface area contributed by atoms with E-state index in [2.05, 4.69) is 228 Å². The molecule has 0 bridgehead atoms. The minimum absolute atomic E-state index is 0.0192. The minimum atomic E-state index is 0.0192. The van der Waals surface area contributed by atoms with E-state index < -0.39 is 0 Å². The molecule has 1 aliphatic carbocycles. The van der Waals surface area contributed by atoms with Crippen LogP contribution in [-0.2, 0) is 10.8 Å². The quantitative estimate of drug-likeness (QED) is 0.188. The number of benzene rings is 9. The Labute approximate surface area is 359 Å². The van der Waals surface area contributed by atoms with Gasteiger partial charge in [0.2, 0.25) is 0 Å². The van der Waals surface area contributed by atoms with Crippen LogP contribution in [0.1, 0.15) is 51.3 Å². The SMILES string of the molecule is CC(C)(C)c1cc(-c2ccccc2)ccc1-c1ccc(Nc2ccc3ccccc3c2)cc1.CC1(C)c2ccccc2-c2ccc(-c3ccc4c(c3)oc3ccccc34)cc21. The molecule has 9 aromatic carbocycles. The van der Waals surface area contributed by atoms with Crippen molar-refractivity contribution < 1.29 is 4.42 Å². The molecule has 1 N–H and O–H groups in total. The van der Waals surface area contributed by atoms with Gasteiger partial charge in [0.1, 0.15) is 11.2 Å². The van der Waals surface area contributed by atoms with Crippen LogP contribution in [0.3, 0.4) is 0 Å². The molecule has 0 saturated carbocycles. The van der Waals surface area contributed by atoms with Gasteiger partial charge in [-0.25, -0.2) is 0 Å². The van der Waals surface area contributed by atoms with Crippen LogP contribution in [0.15, 0.2) is 205 Å². The minimum Gasteiger partial charge on any atom is -0.456 e. The Morgan fingerprint density at radius 1 is 0.393 bits per heavy atom. The van der Waals surface area contributed by atoms with Crippen LogP contribution < -0.4 is 5.32 Å². The third-order valence-corrected chi connectivity index (χ3v) is 12.5. The van der Waals surface area contributed by atoms with Gasteiger partial charge in [0.25, 0.3) is 0 Å². The van der Waals surface area contributed by atoms with E-state index in [1.807, 2.05) is 12.1 Å². The fourth-order valence-electron chi connectivity index (χ4n) is 9.18. The average molecular weight is 788 g/mol. The van der Waals surface area contributed by atoms with Crippen molar-refractivity contribution in [1.82, 2.24) is 0 Å². The Hall–Kier alpha value is -7.16. The van der Waals surface area contributed by atoms with Crippen LogP contribution >= 0.6 is 0 Å². The molecule has 10 aromatic rings. The molecule has 2 heteroatoms. The van der Waals surface area contributed by atoms with Crippen molar-refractivity contribution in [2.45, 2.75) is 45.4 Å². The molecule has 1 heterocycles. The number of furan rings is 1. The lowest BCUT2D eigenvalue weighted by Crippen LogP contribution is -2.14. The summed E-state index contributed by atoms with van der Waals surface area (Å²) in [6.07, 6.45) is 0. The summed E-state index contributed by atoms with van der Waals surface area (Å²) in [4.78, 5) is 0. The molecule has 2 nitrogen and oxygen atoms in total. The van der Waals surface area contributed by atoms with E-state index in [-0.39, 0.29) is 10.8 Å². The Morgan fingerprint density at radius 2 is 0.984 bits per heavy atom. The lowest BCUT2D eigenvalue weighted by atomic mass is 9.80. The zero-order chi connectivity index (χ0) is 41.7. The molecule has 1 aromatic heterocycles. The van der Waals surface area contributed by atoms with E-state index in [1.165, 1.54) is 82.7 Å². The molecule has 0 radical (unpaired) electrons. The second kappa shape index (κ2) is 15.1. The van der Waals surface area contributed by atoms with Crippen LogP contribution in [-0.4, -0.2) is 0 Å². The highest BCUT2D eigenvalue weighted by Crippen LogP contribution is 2.49. The third-order valence-electron chi connectivity index (χ3n) is 12.5. The van der Waals surface area contributed by atoms with E-state index in [1.54, 1.807) is 0 Å². The first kappa shape index (κ1) is 38.1. The molecule has 296 valence electrons. The monoisotopic (exact) mass is 787 g/mol. The number of hydrogen-bond acceptors (Lipinski definition) is 2.